The van der Waals surface area contributed by atoms with E-state index in [1.165, 1.54) is 0 Å². The summed E-state index contributed by atoms with van der Waals surface area (Å²) >= 11 is 0. The fourth-order valence-corrected chi connectivity index (χ4v) is 6.30. The maximum atomic E-state index is 9.56. The molecule has 0 aromatic heterocycles. The van der Waals surface area contributed by atoms with E-state index in [9.17, 15) is 11.0 Å². The van der Waals surface area contributed by atoms with Gasteiger partial charge in [0.25, 0.3) is 0 Å². The molecule has 9 aromatic carbocycles. The molecule has 0 unspecified atom stereocenters. The predicted molar refractivity (Wildman–Crippen MR) is 218 cm³/mol. The molecule has 1 nitrogen and oxygen atoms in total. The average Bonchev–Trinajstić information content (AvgIpc) is 3.33. The van der Waals surface area contributed by atoms with Gasteiger partial charge >= 0.3 is 0 Å². The molecule has 240 valence electrons. The van der Waals surface area contributed by atoms with Crippen molar-refractivity contribution in [3.63, 3.8) is 0 Å². The van der Waals surface area contributed by atoms with Crippen LogP contribution in [0.4, 0.5) is 17.1 Å². The molecule has 0 spiro atoms. The molecule has 0 aliphatic carbocycles. The average molecular weight is 665 g/mol. The topological polar surface area (TPSA) is 3.24 Å². The van der Waals surface area contributed by atoms with Crippen molar-refractivity contribution in [1.82, 2.24) is 0 Å². The van der Waals surface area contributed by atoms with E-state index in [0.717, 1.165) is 37.9 Å². The molecule has 0 amide bonds. The van der Waals surface area contributed by atoms with Gasteiger partial charge in [-0.25, -0.2) is 0 Å². The number of fused-ring (bicyclic) bond motifs is 2. The molecule has 1 heteroatoms. The molecule has 0 aliphatic heterocycles. The maximum absolute atomic E-state index is 9.56. The lowest BCUT2D eigenvalue weighted by molar-refractivity contribution is 1.28. The van der Waals surface area contributed by atoms with Crippen LogP contribution in [0, 0.1) is 0 Å². The number of hydrogen-bond donors (Lipinski definition) is 0. The van der Waals surface area contributed by atoms with Crippen molar-refractivity contribution in [3.05, 3.63) is 212 Å². The molecule has 0 radical (unpaired) electrons. The van der Waals surface area contributed by atoms with Gasteiger partial charge in [-0.05, 0) is 102 Å². The second kappa shape index (κ2) is 13.3. The van der Waals surface area contributed by atoms with Crippen molar-refractivity contribution >= 4 is 38.6 Å². The third-order valence-corrected chi connectivity index (χ3v) is 8.72. The molecule has 0 N–H and O–H groups in total. The SMILES string of the molecule is [2H]c1c([2H])c(N(c2ccc(-c3ccc4ccccc4c3-c3ccccc3)cc2)c2c([2H])c([2H])c(-c3c([2H])c([2H])c([2H])c4c([2H])c([2H])c([2H])c([2H])c34)c([2H])c2[2H])c([2H])c([2H])c1-c1ccccc1. The standard InChI is InChI=1S/C50H35N/c1-3-12-36(13-4-1)37-22-29-43(30-23-37)51(44-31-24-40(25-32-44)47-21-11-18-38-14-7-9-19-46(38)47)45-33-26-41(27-34-45)49-35-28-39-15-8-10-20-48(39)50(49)42-16-5-2-6-17-42/h1-35H/i7D,9D,11D,14D,18D,19D,21D,22D,23D,24D,25D,29D,30D,31D,32D. The first kappa shape index (κ1) is 18.3. The van der Waals surface area contributed by atoms with E-state index in [1.54, 1.807) is 54.6 Å². The normalized spacial score (nSPS) is 15.3. The Morgan fingerprint density at radius 2 is 0.922 bits per heavy atom. The highest BCUT2D eigenvalue weighted by Crippen LogP contribution is 2.41. The van der Waals surface area contributed by atoms with Crippen LogP contribution in [0.1, 0.15) is 20.6 Å². The monoisotopic (exact) mass is 664 g/mol. The largest absolute Gasteiger partial charge is 0.311 e. The van der Waals surface area contributed by atoms with Gasteiger partial charge in [0.05, 0.1) is 20.6 Å². The van der Waals surface area contributed by atoms with Gasteiger partial charge < -0.3 is 4.90 Å². The molecular formula is C50H35N. The van der Waals surface area contributed by atoms with Crippen LogP contribution in [0.25, 0.3) is 66.1 Å². The summed E-state index contributed by atoms with van der Waals surface area (Å²) in [6.45, 7) is 0. The van der Waals surface area contributed by atoms with Gasteiger partial charge in [-0.15, -0.1) is 0 Å². The summed E-state index contributed by atoms with van der Waals surface area (Å²) in [6.07, 6.45) is 0. The van der Waals surface area contributed by atoms with Gasteiger partial charge in [-0.3, -0.25) is 0 Å². The highest BCUT2D eigenvalue weighted by molar-refractivity contribution is 6.04. The fourth-order valence-electron chi connectivity index (χ4n) is 6.30. The lowest BCUT2D eigenvalue weighted by Crippen LogP contribution is -2.09. The summed E-state index contributed by atoms with van der Waals surface area (Å²) in [7, 11) is 0. The summed E-state index contributed by atoms with van der Waals surface area (Å²) in [5.74, 6) is 0. The number of anilines is 3. The summed E-state index contributed by atoms with van der Waals surface area (Å²) in [6, 6.07) is 27.2. The second-order valence-corrected chi connectivity index (χ2v) is 11.8. The minimum absolute atomic E-state index is 0.00717. The Kier molecular flexibility index (Phi) is 4.79. The molecule has 0 saturated carbocycles. The van der Waals surface area contributed by atoms with Crippen molar-refractivity contribution in [2.75, 3.05) is 4.90 Å². The zero-order chi connectivity index (χ0) is 47.0. The Hall–Kier alpha value is -6.70. The summed E-state index contributed by atoms with van der Waals surface area (Å²) < 4.78 is 135. The summed E-state index contributed by atoms with van der Waals surface area (Å²) in [5.41, 5.74) is 2.19. The van der Waals surface area contributed by atoms with Crippen LogP contribution in [0.15, 0.2) is 212 Å². The molecule has 0 fully saturated rings. The van der Waals surface area contributed by atoms with Crippen LogP contribution in [0.2, 0.25) is 0 Å². The zero-order valence-electron chi connectivity index (χ0n) is 42.0. The number of nitrogens with zero attached hydrogens (tertiary/aromatic N) is 1. The van der Waals surface area contributed by atoms with E-state index in [0.29, 0.717) is 5.56 Å². The fraction of sp³-hybridized carbons (Fsp3) is 0. The minimum atomic E-state index is -0.785. The van der Waals surface area contributed by atoms with Crippen LogP contribution in [0.3, 0.4) is 0 Å². The van der Waals surface area contributed by atoms with E-state index in [-0.39, 0.29) is 16.9 Å². The van der Waals surface area contributed by atoms with Gasteiger partial charge in [0.2, 0.25) is 0 Å². The highest BCUT2D eigenvalue weighted by atomic mass is 15.1. The number of rotatable bonds is 7. The van der Waals surface area contributed by atoms with Crippen molar-refractivity contribution < 1.29 is 20.6 Å². The zero-order valence-corrected chi connectivity index (χ0v) is 27.0. The van der Waals surface area contributed by atoms with E-state index < -0.39 is 118 Å². The first-order valence-corrected chi connectivity index (χ1v) is 16.3. The Morgan fingerprint density at radius 1 is 0.314 bits per heavy atom. The molecule has 9 aromatic rings. The van der Waals surface area contributed by atoms with Gasteiger partial charge in [0, 0.05) is 17.1 Å². The molecule has 9 rings (SSSR count). The molecule has 0 saturated heterocycles. The third-order valence-electron chi connectivity index (χ3n) is 8.72. The molecule has 51 heavy (non-hydrogen) atoms. The van der Waals surface area contributed by atoms with E-state index in [4.69, 9.17) is 9.60 Å². The van der Waals surface area contributed by atoms with Gasteiger partial charge in [-0.2, -0.15) is 0 Å². The molecule has 0 bridgehead atoms. The first-order chi connectivity index (χ1) is 31.6. The predicted octanol–water partition coefficient (Wildman–Crippen LogP) is 14.1. The van der Waals surface area contributed by atoms with E-state index in [2.05, 4.69) is 0 Å². The minimum Gasteiger partial charge on any atom is -0.311 e. The molecule has 0 heterocycles. The van der Waals surface area contributed by atoms with Crippen molar-refractivity contribution in [3.8, 4) is 44.5 Å². The van der Waals surface area contributed by atoms with Gasteiger partial charge in [-0.1, -0.05) is 176 Å². The Bertz CT molecular complexity index is 3400. The van der Waals surface area contributed by atoms with Gasteiger partial charge in [0.15, 0.2) is 0 Å². The highest BCUT2D eigenvalue weighted by Gasteiger charge is 2.16. The third kappa shape index (κ3) is 5.86. The maximum Gasteiger partial charge on any atom is 0.0645 e. The lowest BCUT2D eigenvalue weighted by atomic mass is 9.90. The Morgan fingerprint density at radius 3 is 1.65 bits per heavy atom. The van der Waals surface area contributed by atoms with Crippen LogP contribution in [-0.2, 0) is 0 Å². The number of benzene rings is 9. The first-order valence-electron chi connectivity index (χ1n) is 23.8. The van der Waals surface area contributed by atoms with Crippen molar-refractivity contribution in [2.24, 2.45) is 0 Å². The van der Waals surface area contributed by atoms with Crippen LogP contribution < -0.4 is 4.90 Å². The smallest absolute Gasteiger partial charge is 0.0645 e. The second-order valence-electron chi connectivity index (χ2n) is 11.8. The van der Waals surface area contributed by atoms with Crippen LogP contribution in [-0.4, -0.2) is 0 Å². The molecular weight excluding hydrogens is 615 g/mol. The summed E-state index contributed by atoms with van der Waals surface area (Å²) in [4.78, 5) is 1.15. The van der Waals surface area contributed by atoms with E-state index in [1.807, 2.05) is 66.7 Å². The van der Waals surface area contributed by atoms with E-state index >= 15 is 0 Å². The Labute approximate surface area is 320 Å². The van der Waals surface area contributed by atoms with Gasteiger partial charge in [0.1, 0.15) is 0 Å². The van der Waals surface area contributed by atoms with Crippen molar-refractivity contribution in [2.45, 2.75) is 0 Å². The Balaban J connectivity index is 1.33. The molecule has 0 aliphatic rings. The summed E-state index contributed by atoms with van der Waals surface area (Å²) in [5, 5.41) is 1.18. The van der Waals surface area contributed by atoms with Crippen LogP contribution in [0.5, 0.6) is 0 Å². The quantitative estimate of drug-likeness (QED) is 0.164. The number of hydrogen-bond acceptors (Lipinski definition) is 1. The lowest BCUT2D eigenvalue weighted by Gasteiger charge is -2.26. The van der Waals surface area contributed by atoms with Crippen molar-refractivity contribution in [1.29, 1.82) is 0 Å². The molecule has 0 atom stereocenters. The van der Waals surface area contributed by atoms with Crippen LogP contribution >= 0.6 is 0 Å².